The van der Waals surface area contributed by atoms with Crippen LogP contribution in [-0.4, -0.2) is 20.5 Å². The normalized spacial score (nSPS) is 11.4. The van der Waals surface area contributed by atoms with Crippen molar-refractivity contribution in [1.29, 1.82) is 0 Å². The lowest BCUT2D eigenvalue weighted by molar-refractivity contribution is 0.415. The second-order valence-electron chi connectivity index (χ2n) is 5.94. The third-order valence-electron chi connectivity index (χ3n) is 4.03. The van der Waals surface area contributed by atoms with Gasteiger partial charge in [-0.2, -0.15) is 4.98 Å². The molecule has 0 aliphatic heterocycles. The van der Waals surface area contributed by atoms with Gasteiger partial charge in [0.25, 0.3) is 0 Å². The van der Waals surface area contributed by atoms with E-state index < -0.39 is 15.7 Å². The minimum absolute atomic E-state index is 0.0361. The largest absolute Gasteiger partial charge is 0.497 e. The number of methoxy groups -OCH3 is 1. The number of anilines is 2. The van der Waals surface area contributed by atoms with E-state index in [9.17, 15) is 12.8 Å². The molecule has 0 atom stereocenters. The van der Waals surface area contributed by atoms with Crippen LogP contribution >= 0.6 is 11.3 Å². The number of nitrogens with zero attached hydrogens (tertiary/aromatic N) is 1. The van der Waals surface area contributed by atoms with Crippen LogP contribution in [0, 0.1) is 5.82 Å². The van der Waals surface area contributed by atoms with Gasteiger partial charge in [0, 0.05) is 11.8 Å². The first-order valence-corrected chi connectivity index (χ1v) is 10.8. The number of thiophene rings is 1. The fourth-order valence-electron chi connectivity index (χ4n) is 2.63. The predicted octanol–water partition coefficient (Wildman–Crippen LogP) is 5.13. The number of hydrogen-bond donors (Lipinski definition) is 1. The molecule has 0 aliphatic carbocycles. The van der Waals surface area contributed by atoms with Crippen molar-refractivity contribution in [2.45, 2.75) is 9.92 Å². The van der Waals surface area contributed by atoms with Crippen molar-refractivity contribution in [3.63, 3.8) is 0 Å². The topological polar surface area (TPSA) is 81.4 Å². The van der Waals surface area contributed by atoms with Crippen LogP contribution in [0.5, 0.6) is 5.75 Å². The van der Waals surface area contributed by atoms with Crippen molar-refractivity contribution in [3.05, 3.63) is 71.9 Å². The number of sulfone groups is 1. The molecule has 2 aromatic carbocycles. The van der Waals surface area contributed by atoms with Gasteiger partial charge in [0.2, 0.25) is 26.6 Å². The van der Waals surface area contributed by atoms with Crippen LogP contribution in [-0.2, 0) is 9.84 Å². The van der Waals surface area contributed by atoms with Gasteiger partial charge in [-0.15, -0.1) is 11.3 Å². The van der Waals surface area contributed by atoms with E-state index in [4.69, 9.17) is 9.15 Å². The minimum Gasteiger partial charge on any atom is -0.497 e. The Balaban J connectivity index is 1.82. The summed E-state index contributed by atoms with van der Waals surface area (Å²) >= 11 is 1.37. The third-order valence-corrected chi connectivity index (χ3v) is 6.57. The predicted molar refractivity (Wildman–Crippen MR) is 108 cm³/mol. The fourth-order valence-corrected chi connectivity index (χ4v) is 4.54. The Morgan fingerprint density at radius 1 is 1.10 bits per heavy atom. The highest BCUT2D eigenvalue weighted by Crippen LogP contribution is 2.35. The number of nitrogens with one attached hydrogen (secondary N) is 1. The zero-order valence-electron chi connectivity index (χ0n) is 15.1. The first-order chi connectivity index (χ1) is 14.0. The summed E-state index contributed by atoms with van der Waals surface area (Å²) in [5, 5.41) is 4.51. The second kappa shape index (κ2) is 7.69. The summed E-state index contributed by atoms with van der Waals surface area (Å²) in [7, 11) is -2.52. The van der Waals surface area contributed by atoms with E-state index in [1.807, 2.05) is 11.4 Å². The summed E-state index contributed by atoms with van der Waals surface area (Å²) in [4.78, 5) is 4.83. The molecule has 0 spiro atoms. The van der Waals surface area contributed by atoms with Gasteiger partial charge in [0.15, 0.2) is 0 Å². The Hall–Kier alpha value is -3.17. The standard InChI is InChI=1S/C20H15FN2O4S2/c1-26-15-5-2-4-14(12-15)22-19-20(23-18(27-19)17-6-3-11-28-17)29(24,25)16-9-7-13(21)8-10-16/h2-12,22H,1H3. The molecule has 4 rings (SSSR count). The molecule has 0 amide bonds. The maximum Gasteiger partial charge on any atom is 0.240 e. The van der Waals surface area contributed by atoms with E-state index in [-0.39, 0.29) is 21.7 Å². The van der Waals surface area contributed by atoms with Gasteiger partial charge < -0.3 is 14.5 Å². The maximum atomic E-state index is 13.3. The van der Waals surface area contributed by atoms with Gasteiger partial charge in [-0.1, -0.05) is 12.1 Å². The summed E-state index contributed by atoms with van der Waals surface area (Å²) in [5.41, 5.74) is 0.564. The average molecular weight is 430 g/mol. The number of ether oxygens (including phenoxy) is 1. The third kappa shape index (κ3) is 3.87. The zero-order valence-corrected chi connectivity index (χ0v) is 16.8. The van der Waals surface area contributed by atoms with Crippen LogP contribution in [0.15, 0.2) is 80.4 Å². The Labute approximate surface area is 170 Å². The molecule has 0 radical (unpaired) electrons. The van der Waals surface area contributed by atoms with E-state index >= 15 is 0 Å². The van der Waals surface area contributed by atoms with Crippen molar-refractivity contribution in [3.8, 4) is 16.5 Å². The van der Waals surface area contributed by atoms with Crippen molar-refractivity contribution in [1.82, 2.24) is 4.98 Å². The highest BCUT2D eigenvalue weighted by molar-refractivity contribution is 7.91. The van der Waals surface area contributed by atoms with Crippen molar-refractivity contribution < 1.29 is 22.0 Å². The van der Waals surface area contributed by atoms with Gasteiger partial charge >= 0.3 is 0 Å². The van der Waals surface area contributed by atoms with E-state index in [0.29, 0.717) is 16.3 Å². The highest BCUT2D eigenvalue weighted by Gasteiger charge is 2.29. The van der Waals surface area contributed by atoms with E-state index in [0.717, 1.165) is 12.1 Å². The Morgan fingerprint density at radius 2 is 1.90 bits per heavy atom. The lowest BCUT2D eigenvalue weighted by Gasteiger charge is -2.07. The number of hydrogen-bond acceptors (Lipinski definition) is 7. The second-order valence-corrected chi connectivity index (χ2v) is 8.76. The molecule has 0 fully saturated rings. The molecule has 29 heavy (non-hydrogen) atoms. The van der Waals surface area contributed by atoms with Crippen molar-refractivity contribution in [2.75, 3.05) is 12.4 Å². The summed E-state index contributed by atoms with van der Waals surface area (Å²) in [6.45, 7) is 0. The molecule has 6 nitrogen and oxygen atoms in total. The van der Waals surface area contributed by atoms with Crippen molar-refractivity contribution >= 4 is 32.7 Å². The molecule has 1 N–H and O–H groups in total. The molecule has 148 valence electrons. The molecule has 0 bridgehead atoms. The monoisotopic (exact) mass is 430 g/mol. The van der Waals surface area contributed by atoms with Crippen LogP contribution in [0.1, 0.15) is 0 Å². The molecule has 2 aromatic heterocycles. The summed E-state index contributed by atoms with van der Waals surface area (Å²) in [5.74, 6) is 0.200. The van der Waals surface area contributed by atoms with E-state index in [1.165, 1.54) is 30.6 Å². The van der Waals surface area contributed by atoms with E-state index in [1.54, 1.807) is 30.3 Å². The average Bonchev–Trinajstić information content (AvgIpc) is 3.38. The number of aromatic nitrogens is 1. The number of halogens is 1. The quantitative estimate of drug-likeness (QED) is 0.427. The number of benzene rings is 2. The minimum atomic E-state index is -4.05. The number of oxazole rings is 1. The fraction of sp³-hybridized carbons (Fsp3) is 0.0500. The SMILES string of the molecule is COc1cccc(Nc2oc(-c3cccs3)nc2S(=O)(=O)c2ccc(F)cc2)c1. The lowest BCUT2D eigenvalue weighted by atomic mass is 10.3. The summed E-state index contributed by atoms with van der Waals surface area (Å²) in [6, 6.07) is 15.1. The van der Waals surface area contributed by atoms with Gasteiger partial charge in [0.1, 0.15) is 11.6 Å². The molecular weight excluding hydrogens is 415 g/mol. The summed E-state index contributed by atoms with van der Waals surface area (Å²) in [6.07, 6.45) is 0. The van der Waals surface area contributed by atoms with Crippen LogP contribution in [0.4, 0.5) is 16.0 Å². The smallest absolute Gasteiger partial charge is 0.240 e. The van der Waals surface area contributed by atoms with Crippen LogP contribution in [0.2, 0.25) is 0 Å². The molecule has 0 saturated carbocycles. The molecule has 0 saturated heterocycles. The van der Waals surface area contributed by atoms with Gasteiger partial charge in [-0.3, -0.25) is 0 Å². The molecule has 0 unspecified atom stereocenters. The zero-order chi connectivity index (χ0) is 20.4. The maximum absolute atomic E-state index is 13.3. The molecule has 4 aromatic rings. The molecule has 2 heterocycles. The number of rotatable bonds is 6. The first-order valence-electron chi connectivity index (χ1n) is 8.44. The highest BCUT2D eigenvalue weighted by atomic mass is 32.2. The Morgan fingerprint density at radius 3 is 2.59 bits per heavy atom. The molecule has 9 heteroatoms. The first kappa shape index (κ1) is 19.2. The van der Waals surface area contributed by atoms with Gasteiger partial charge in [-0.25, -0.2) is 12.8 Å². The summed E-state index contributed by atoms with van der Waals surface area (Å²) < 4.78 is 50.5. The van der Waals surface area contributed by atoms with E-state index in [2.05, 4.69) is 10.3 Å². The lowest BCUT2D eigenvalue weighted by Crippen LogP contribution is -2.05. The van der Waals surface area contributed by atoms with Gasteiger partial charge in [-0.05, 0) is 47.8 Å². The Kier molecular flexibility index (Phi) is 5.08. The Bertz CT molecular complexity index is 1230. The van der Waals surface area contributed by atoms with Crippen LogP contribution in [0.3, 0.4) is 0 Å². The van der Waals surface area contributed by atoms with Crippen molar-refractivity contribution in [2.24, 2.45) is 0 Å². The molecular formula is C20H15FN2O4S2. The van der Waals surface area contributed by atoms with Gasteiger partial charge in [0.05, 0.1) is 16.9 Å². The molecule has 0 aliphatic rings. The van der Waals surface area contributed by atoms with Crippen LogP contribution in [0.25, 0.3) is 10.8 Å². The van der Waals surface area contributed by atoms with Crippen LogP contribution < -0.4 is 10.1 Å².